The van der Waals surface area contributed by atoms with Crippen molar-refractivity contribution in [3.63, 3.8) is 0 Å². The third-order valence-corrected chi connectivity index (χ3v) is 8.91. The van der Waals surface area contributed by atoms with Crippen LogP contribution in [-0.4, -0.2) is 127 Å². The number of nitrogens with two attached hydrogens (primary N) is 2. The Morgan fingerprint density at radius 3 is 1.13 bits per heavy atom. The first-order valence-corrected chi connectivity index (χ1v) is 17.1. The minimum Gasteiger partial charge on any atom is -0.480 e. The summed E-state index contributed by atoms with van der Waals surface area (Å²) in [5.74, 6) is -9.78. The third-order valence-electron chi connectivity index (χ3n) is 5.87. The van der Waals surface area contributed by atoms with Crippen molar-refractivity contribution < 1.29 is 58.8 Å². The van der Waals surface area contributed by atoms with Crippen LogP contribution in [0.25, 0.3) is 0 Å². The predicted molar refractivity (Wildman–Crippen MR) is 168 cm³/mol. The smallest absolute Gasteiger partial charge is 0.327 e. The van der Waals surface area contributed by atoms with E-state index in [9.17, 15) is 48.6 Å². The van der Waals surface area contributed by atoms with Crippen molar-refractivity contribution in [2.75, 3.05) is 23.3 Å². The lowest BCUT2D eigenvalue weighted by Gasteiger charge is -2.22. The Hall–Kier alpha value is -3.04. The van der Waals surface area contributed by atoms with Gasteiger partial charge in [0.2, 0.25) is 23.6 Å². The average Bonchev–Trinajstić information content (AvgIpc) is 2.98. The van der Waals surface area contributed by atoms with Crippen molar-refractivity contribution in [3.8, 4) is 0 Å². The summed E-state index contributed by atoms with van der Waals surface area (Å²) >= 11 is 11.2. The lowest BCUT2D eigenvalue weighted by Crippen LogP contribution is -2.53. The molecule has 262 valence electrons. The van der Waals surface area contributed by atoms with Crippen molar-refractivity contribution in [3.05, 3.63) is 0 Å². The fourth-order valence-corrected chi connectivity index (χ4v) is 5.97. The van der Waals surface area contributed by atoms with Crippen LogP contribution in [0.5, 0.6) is 0 Å². The number of hydrogen-bond acceptors (Lipinski definition) is 12. The molecule has 2 unspecified atom stereocenters. The lowest BCUT2D eigenvalue weighted by molar-refractivity contribution is -0.141. The predicted octanol–water partition coefficient (Wildman–Crippen LogP) is -1.88. The van der Waals surface area contributed by atoms with Gasteiger partial charge < -0.3 is 53.2 Å². The summed E-state index contributed by atoms with van der Waals surface area (Å²) in [6, 6.07) is -7.95. The highest BCUT2D eigenvalue weighted by Crippen LogP contribution is 2.23. The number of rotatable bonds is 25. The van der Waals surface area contributed by atoms with E-state index in [1.54, 1.807) is 0 Å². The van der Waals surface area contributed by atoms with Crippen molar-refractivity contribution in [1.29, 1.82) is 0 Å². The first kappa shape index (κ1) is 43.0. The molecule has 4 amide bonds. The fourth-order valence-electron chi connectivity index (χ4n) is 3.22. The van der Waals surface area contributed by atoms with Gasteiger partial charge >= 0.3 is 23.9 Å². The molecule has 0 bridgehead atoms. The highest BCUT2D eigenvalue weighted by molar-refractivity contribution is 8.76. The Morgan fingerprint density at radius 2 is 0.870 bits per heavy atom. The van der Waals surface area contributed by atoms with Crippen molar-refractivity contribution in [1.82, 2.24) is 21.3 Å². The number of nitrogens with one attached hydrogen (secondary N) is 4. The van der Waals surface area contributed by atoms with E-state index in [0.717, 1.165) is 21.6 Å². The van der Waals surface area contributed by atoms with Crippen molar-refractivity contribution in [2.24, 2.45) is 11.5 Å². The van der Waals surface area contributed by atoms with Gasteiger partial charge in [0.1, 0.15) is 36.3 Å². The quantitative estimate of drug-likeness (QED) is 0.0278. The standard InChI is InChI=1S/C24H38Cl2N6O12S2/c25-7-13(23(41)42)31-19(35)15(29-17(33)5-1-3-11(27)21(37)38)9-45-46-10-16(20(36)32-14(8-26)24(43)44)30-18(34)6-2-4-12(28)22(39)40/h11-16H,1-10,27-28H2,(H,29,33)(H,30,34)(H,31,35)(H,32,36)(H,37,38)(H,39,40)(H,41,42)(H,43,44)/t11-,12-,13+,14+,15?,16?/m0/s1. The van der Waals surface area contributed by atoms with E-state index in [1.807, 2.05) is 0 Å². The molecule has 12 N–H and O–H groups in total. The molecule has 0 aliphatic heterocycles. The number of carboxylic acids is 4. The summed E-state index contributed by atoms with van der Waals surface area (Å²) < 4.78 is 0. The summed E-state index contributed by atoms with van der Waals surface area (Å²) in [6.07, 6.45) is -0.285. The molecule has 0 aliphatic rings. The minimum absolute atomic E-state index is 0.0223. The van der Waals surface area contributed by atoms with Crippen LogP contribution in [0.1, 0.15) is 38.5 Å². The van der Waals surface area contributed by atoms with Gasteiger partial charge in [-0.25, -0.2) is 9.59 Å². The molecule has 0 heterocycles. The van der Waals surface area contributed by atoms with Gasteiger partial charge in [-0.15, -0.1) is 23.2 Å². The number of carbonyl (C=O) groups is 8. The second-order valence-electron chi connectivity index (χ2n) is 9.59. The molecule has 22 heteroatoms. The normalized spacial score (nSPS) is 14.8. The monoisotopic (exact) mass is 736 g/mol. The molecule has 0 aromatic carbocycles. The van der Waals surface area contributed by atoms with Crippen LogP contribution in [0.3, 0.4) is 0 Å². The van der Waals surface area contributed by atoms with Gasteiger partial charge in [-0.05, 0) is 25.7 Å². The van der Waals surface area contributed by atoms with Crippen LogP contribution in [0, 0.1) is 0 Å². The van der Waals surface area contributed by atoms with E-state index in [4.69, 9.17) is 44.9 Å². The molecular formula is C24H38Cl2N6O12S2. The summed E-state index contributed by atoms with van der Waals surface area (Å²) in [4.78, 5) is 94.9. The molecule has 0 saturated heterocycles. The lowest BCUT2D eigenvalue weighted by atomic mass is 10.1. The summed E-state index contributed by atoms with van der Waals surface area (Å²) in [5, 5.41) is 45.4. The molecule has 0 aromatic rings. The van der Waals surface area contributed by atoms with Crippen LogP contribution in [0.4, 0.5) is 0 Å². The molecule has 0 fully saturated rings. The van der Waals surface area contributed by atoms with Gasteiger partial charge in [-0.1, -0.05) is 21.6 Å². The van der Waals surface area contributed by atoms with Gasteiger partial charge in [0, 0.05) is 24.3 Å². The van der Waals surface area contributed by atoms with Gasteiger partial charge in [0.15, 0.2) is 0 Å². The van der Waals surface area contributed by atoms with Crippen LogP contribution in [0.15, 0.2) is 0 Å². The number of alkyl halides is 2. The molecule has 18 nitrogen and oxygen atoms in total. The van der Waals surface area contributed by atoms with Crippen molar-refractivity contribution in [2.45, 2.75) is 74.8 Å². The molecular weight excluding hydrogens is 699 g/mol. The Kier molecular flexibility index (Phi) is 21.8. The zero-order chi connectivity index (χ0) is 35.4. The maximum atomic E-state index is 12.8. The number of carboxylic acid groups (broad SMARTS) is 4. The van der Waals surface area contributed by atoms with E-state index in [0.29, 0.717) is 0 Å². The van der Waals surface area contributed by atoms with Gasteiger partial charge in [0.05, 0.1) is 11.8 Å². The molecule has 6 atom stereocenters. The minimum atomic E-state index is -1.47. The van der Waals surface area contributed by atoms with E-state index in [1.165, 1.54) is 0 Å². The van der Waals surface area contributed by atoms with Gasteiger partial charge in [-0.3, -0.25) is 28.8 Å². The number of amides is 4. The highest BCUT2D eigenvalue weighted by atomic mass is 35.5. The Balaban J connectivity index is 5.50. The van der Waals surface area contributed by atoms with E-state index in [-0.39, 0.29) is 50.0 Å². The number of carbonyl (C=O) groups excluding carboxylic acids is 4. The Morgan fingerprint density at radius 1 is 0.543 bits per heavy atom. The fraction of sp³-hybridized carbons (Fsp3) is 0.667. The molecule has 0 radical (unpaired) electrons. The summed E-state index contributed by atoms with van der Waals surface area (Å²) in [7, 11) is 1.89. The maximum Gasteiger partial charge on any atom is 0.327 e. The molecule has 0 spiro atoms. The number of hydrogen-bond donors (Lipinski definition) is 10. The van der Waals surface area contributed by atoms with Crippen molar-refractivity contribution >= 4 is 92.3 Å². The van der Waals surface area contributed by atoms with E-state index >= 15 is 0 Å². The van der Waals surface area contributed by atoms with Crippen LogP contribution in [-0.2, 0) is 38.4 Å². The molecule has 0 rings (SSSR count). The zero-order valence-corrected chi connectivity index (χ0v) is 27.5. The molecule has 46 heavy (non-hydrogen) atoms. The highest BCUT2D eigenvalue weighted by Gasteiger charge is 2.29. The first-order chi connectivity index (χ1) is 21.5. The van der Waals surface area contributed by atoms with Crippen LogP contribution >= 0.6 is 44.8 Å². The van der Waals surface area contributed by atoms with E-state index in [2.05, 4.69) is 21.3 Å². The van der Waals surface area contributed by atoms with Gasteiger partial charge in [-0.2, -0.15) is 0 Å². The SMILES string of the molecule is N[C@@H](CCCC(=O)NC(CSSCC(NC(=O)CCC[C@H](N)C(=O)O)C(=O)N[C@H](CCl)C(=O)O)C(=O)N[C@H](CCl)C(=O)O)C(=O)O. The average molecular weight is 738 g/mol. The summed E-state index contributed by atoms with van der Waals surface area (Å²) in [5.41, 5.74) is 10.8. The number of aliphatic carboxylic acids is 4. The number of halogens is 2. The third kappa shape index (κ3) is 18.2. The largest absolute Gasteiger partial charge is 0.480 e. The second-order valence-corrected chi connectivity index (χ2v) is 12.8. The Labute approximate surface area is 281 Å². The molecule has 0 aliphatic carbocycles. The Bertz CT molecular complexity index is 1010. The van der Waals surface area contributed by atoms with Crippen LogP contribution < -0.4 is 32.7 Å². The molecule has 0 aromatic heterocycles. The first-order valence-electron chi connectivity index (χ1n) is 13.5. The van der Waals surface area contributed by atoms with E-state index < -0.39 is 95.5 Å². The zero-order valence-electron chi connectivity index (χ0n) is 24.3. The maximum absolute atomic E-state index is 12.8. The summed E-state index contributed by atoms with van der Waals surface area (Å²) in [6.45, 7) is 0. The second kappa shape index (κ2) is 23.3. The topological polar surface area (TPSA) is 318 Å². The van der Waals surface area contributed by atoms with Crippen LogP contribution in [0.2, 0.25) is 0 Å². The van der Waals surface area contributed by atoms with Gasteiger partial charge in [0.25, 0.3) is 0 Å². The molecule has 0 saturated carbocycles.